The highest BCUT2D eigenvalue weighted by Crippen LogP contribution is 2.69. The van der Waals surface area contributed by atoms with Crippen LogP contribution in [-0.4, -0.2) is 61.7 Å². The fraction of sp³-hybridized carbons (Fsp3) is 0.867. The maximum atomic E-state index is 12.5. The van der Waals surface area contributed by atoms with Gasteiger partial charge in [-0.3, -0.25) is 9.59 Å². The number of esters is 1. The summed E-state index contributed by atoms with van der Waals surface area (Å²) < 4.78 is 5.11. The lowest BCUT2D eigenvalue weighted by Crippen LogP contribution is -2.77. The number of carbonyl (C=O) groups is 2. The summed E-state index contributed by atoms with van der Waals surface area (Å²) in [6.07, 6.45) is -2.35. The van der Waals surface area contributed by atoms with Crippen LogP contribution in [0.1, 0.15) is 40.0 Å². The highest BCUT2D eigenvalue weighted by Gasteiger charge is 2.83. The minimum absolute atomic E-state index is 0.185. The molecule has 2 aliphatic carbocycles. The van der Waals surface area contributed by atoms with Gasteiger partial charge in [0.25, 0.3) is 0 Å². The number of ether oxygens (including phenoxy) is 1. The van der Waals surface area contributed by atoms with Gasteiger partial charge >= 0.3 is 5.97 Å². The third-order valence-corrected chi connectivity index (χ3v) is 6.72. The SMILES string of the molecule is C[C@]12COC(=O)C[C@@]3(CC(=O)[C@]1(C)O)[C@]2(O)[C@@H](O)C[C@]3(C)O. The predicted octanol–water partition coefficient (Wildman–Crippen LogP) is -1.10. The Kier molecular flexibility index (Phi) is 2.81. The van der Waals surface area contributed by atoms with E-state index in [-0.39, 0.29) is 12.8 Å². The average Bonchev–Trinajstić information content (AvgIpc) is 2.49. The molecule has 0 radical (unpaired) electrons. The Hall–Kier alpha value is -1.02. The fourth-order valence-corrected chi connectivity index (χ4v) is 4.96. The molecule has 7 nitrogen and oxygen atoms in total. The highest BCUT2D eigenvalue weighted by atomic mass is 16.5. The molecule has 7 heteroatoms. The van der Waals surface area contributed by atoms with Crippen LogP contribution in [0.5, 0.6) is 0 Å². The van der Waals surface area contributed by atoms with Gasteiger partial charge in [-0.15, -0.1) is 0 Å². The minimum atomic E-state index is -2.02. The number of aliphatic hydroxyl groups excluding tert-OH is 1. The van der Waals surface area contributed by atoms with Crippen LogP contribution in [-0.2, 0) is 14.3 Å². The van der Waals surface area contributed by atoms with E-state index in [4.69, 9.17) is 4.74 Å². The van der Waals surface area contributed by atoms with E-state index >= 15 is 0 Å². The number of rotatable bonds is 0. The smallest absolute Gasteiger partial charge is 0.306 e. The Morgan fingerprint density at radius 1 is 1.09 bits per heavy atom. The van der Waals surface area contributed by atoms with Crippen molar-refractivity contribution in [3.63, 3.8) is 0 Å². The molecule has 1 saturated heterocycles. The number of Topliss-reactive ketones (excluding diaryl/α,β-unsaturated/α-hetero) is 1. The zero-order valence-corrected chi connectivity index (χ0v) is 12.9. The molecular formula is C15H22O7. The zero-order chi connectivity index (χ0) is 16.8. The van der Waals surface area contributed by atoms with E-state index in [0.29, 0.717) is 0 Å². The van der Waals surface area contributed by atoms with Gasteiger partial charge in [0.1, 0.15) is 17.8 Å². The Labute approximate surface area is 127 Å². The molecule has 0 aromatic rings. The van der Waals surface area contributed by atoms with Crippen molar-refractivity contribution in [1.82, 2.24) is 0 Å². The maximum absolute atomic E-state index is 12.5. The third-order valence-electron chi connectivity index (χ3n) is 6.72. The number of hydrogen-bond acceptors (Lipinski definition) is 7. The van der Waals surface area contributed by atoms with Crippen molar-refractivity contribution in [2.75, 3.05) is 6.61 Å². The monoisotopic (exact) mass is 314 g/mol. The predicted molar refractivity (Wildman–Crippen MR) is 72.6 cm³/mol. The first kappa shape index (κ1) is 15.9. The van der Waals surface area contributed by atoms with E-state index in [0.717, 1.165) is 0 Å². The van der Waals surface area contributed by atoms with Crippen molar-refractivity contribution in [2.45, 2.75) is 62.9 Å². The molecular weight excluding hydrogens is 292 g/mol. The Morgan fingerprint density at radius 2 is 1.68 bits per heavy atom. The lowest BCUT2D eigenvalue weighted by atomic mass is 9.45. The number of hydrogen-bond donors (Lipinski definition) is 4. The summed E-state index contributed by atoms with van der Waals surface area (Å²) in [6, 6.07) is 0. The van der Waals surface area contributed by atoms with E-state index in [1.807, 2.05) is 0 Å². The van der Waals surface area contributed by atoms with Gasteiger partial charge in [-0.25, -0.2) is 0 Å². The topological polar surface area (TPSA) is 124 Å². The second kappa shape index (κ2) is 3.90. The zero-order valence-electron chi connectivity index (χ0n) is 12.9. The molecule has 124 valence electrons. The van der Waals surface area contributed by atoms with E-state index in [1.54, 1.807) is 0 Å². The van der Waals surface area contributed by atoms with Crippen molar-refractivity contribution in [3.8, 4) is 0 Å². The minimum Gasteiger partial charge on any atom is -0.465 e. The Balaban J connectivity index is 2.37. The van der Waals surface area contributed by atoms with Gasteiger partial charge in [0.05, 0.1) is 23.5 Å². The number of cyclic esters (lactones) is 1. The summed E-state index contributed by atoms with van der Waals surface area (Å²) in [6.45, 7) is 3.68. The van der Waals surface area contributed by atoms with Crippen LogP contribution in [0.3, 0.4) is 0 Å². The lowest BCUT2D eigenvalue weighted by molar-refractivity contribution is -0.283. The van der Waals surface area contributed by atoms with Gasteiger partial charge < -0.3 is 25.2 Å². The van der Waals surface area contributed by atoms with Crippen LogP contribution in [0.4, 0.5) is 0 Å². The molecule has 2 saturated carbocycles. The van der Waals surface area contributed by atoms with E-state index in [1.165, 1.54) is 20.8 Å². The quantitative estimate of drug-likeness (QED) is 0.418. The summed E-state index contributed by atoms with van der Waals surface area (Å²) in [4.78, 5) is 24.6. The van der Waals surface area contributed by atoms with Crippen LogP contribution >= 0.6 is 0 Å². The maximum Gasteiger partial charge on any atom is 0.306 e. The summed E-state index contributed by atoms with van der Waals surface area (Å²) >= 11 is 0. The van der Waals surface area contributed by atoms with Crippen molar-refractivity contribution >= 4 is 11.8 Å². The Morgan fingerprint density at radius 3 is 2.27 bits per heavy atom. The van der Waals surface area contributed by atoms with Gasteiger partial charge in [0, 0.05) is 18.3 Å². The highest BCUT2D eigenvalue weighted by molar-refractivity contribution is 5.92. The molecule has 3 fully saturated rings. The van der Waals surface area contributed by atoms with Crippen molar-refractivity contribution in [1.29, 1.82) is 0 Å². The average molecular weight is 314 g/mol. The summed E-state index contributed by atoms with van der Waals surface area (Å²) in [5, 5.41) is 43.5. The standard InChI is InChI=1S/C15H22O7/c1-11-7-22-10(18)6-14(5-8(16)13(11,3)20)12(2,19)4-9(17)15(11,14)21/h9,17,19-21H,4-7H2,1-3H3/t9-,11-,12-,13-,14+,15-/m0/s1. The van der Waals surface area contributed by atoms with Crippen molar-refractivity contribution in [2.24, 2.45) is 10.8 Å². The Bertz CT molecular complexity index is 568. The van der Waals surface area contributed by atoms with Crippen molar-refractivity contribution in [3.05, 3.63) is 0 Å². The largest absolute Gasteiger partial charge is 0.465 e. The fourth-order valence-electron chi connectivity index (χ4n) is 4.96. The molecule has 0 aromatic carbocycles. The molecule has 0 unspecified atom stereocenters. The summed E-state index contributed by atoms with van der Waals surface area (Å²) in [5.74, 6) is -1.24. The van der Waals surface area contributed by atoms with E-state index in [2.05, 4.69) is 0 Å². The summed E-state index contributed by atoms with van der Waals surface area (Å²) in [5.41, 5.74) is -8.86. The van der Waals surface area contributed by atoms with Gasteiger partial charge in [-0.2, -0.15) is 0 Å². The van der Waals surface area contributed by atoms with Crippen LogP contribution in [0.2, 0.25) is 0 Å². The number of aliphatic hydroxyl groups is 4. The first-order chi connectivity index (χ1) is 9.86. The molecule has 1 heterocycles. The first-order valence-corrected chi connectivity index (χ1v) is 7.40. The number of carbonyl (C=O) groups excluding carboxylic acids is 2. The molecule has 1 aliphatic heterocycles. The van der Waals surface area contributed by atoms with Gasteiger partial charge in [0.15, 0.2) is 5.78 Å². The molecule has 6 atom stereocenters. The van der Waals surface area contributed by atoms with Gasteiger partial charge in [0.2, 0.25) is 0 Å². The first-order valence-electron chi connectivity index (χ1n) is 7.40. The normalized spacial score (nSPS) is 58.0. The molecule has 4 N–H and O–H groups in total. The van der Waals surface area contributed by atoms with Gasteiger partial charge in [-0.05, 0) is 13.8 Å². The molecule has 0 amide bonds. The molecule has 0 aromatic heterocycles. The number of ketones is 1. The molecule has 22 heavy (non-hydrogen) atoms. The second-order valence-electron chi connectivity index (χ2n) is 7.68. The van der Waals surface area contributed by atoms with E-state index < -0.39 is 58.5 Å². The van der Waals surface area contributed by atoms with Gasteiger partial charge in [-0.1, -0.05) is 6.92 Å². The lowest BCUT2D eigenvalue weighted by Gasteiger charge is -2.61. The third kappa shape index (κ3) is 1.33. The molecule has 0 spiro atoms. The van der Waals surface area contributed by atoms with Crippen molar-refractivity contribution < 1.29 is 34.8 Å². The molecule has 3 aliphatic rings. The van der Waals surface area contributed by atoms with Crippen LogP contribution in [0, 0.1) is 10.8 Å². The molecule has 2 bridgehead atoms. The van der Waals surface area contributed by atoms with Crippen LogP contribution in [0.15, 0.2) is 0 Å². The van der Waals surface area contributed by atoms with E-state index in [9.17, 15) is 30.0 Å². The molecule has 3 rings (SSSR count). The summed E-state index contributed by atoms with van der Waals surface area (Å²) in [7, 11) is 0. The second-order valence-corrected chi connectivity index (χ2v) is 7.68. The van der Waals surface area contributed by atoms with Crippen LogP contribution in [0.25, 0.3) is 0 Å². The van der Waals surface area contributed by atoms with Crippen LogP contribution < -0.4 is 0 Å².